The van der Waals surface area contributed by atoms with Gasteiger partial charge in [-0.1, -0.05) is 39.0 Å². The Hall–Kier alpha value is -3.00. The highest BCUT2D eigenvalue weighted by molar-refractivity contribution is 7.84. The van der Waals surface area contributed by atoms with Crippen LogP contribution in [0, 0.1) is 5.92 Å². The fourth-order valence-electron chi connectivity index (χ4n) is 5.51. The van der Waals surface area contributed by atoms with E-state index in [0.717, 1.165) is 35.6 Å². The van der Waals surface area contributed by atoms with Gasteiger partial charge in [-0.3, -0.25) is 10.1 Å². The van der Waals surface area contributed by atoms with Gasteiger partial charge in [0, 0.05) is 29.2 Å². The molecule has 45 heavy (non-hydrogen) atoms. The SMILES string of the molecule is CC(C)(C[C@H](c1cncc(-c2ccc3cnn(-c4cccc(C(F)(F)F)n4)c3c2)n1)C1CC(O[Si](C)(C)C(C)(C)C)C1)S(N)=O. The Bertz CT molecular complexity index is 1710. The summed E-state index contributed by atoms with van der Waals surface area (Å²) in [6.07, 6.45) is 2.96. The first kappa shape index (κ1) is 33.4. The Labute approximate surface area is 265 Å². The Morgan fingerprint density at radius 2 is 1.76 bits per heavy atom. The average Bonchev–Trinajstić information content (AvgIpc) is 3.36. The molecule has 3 heterocycles. The minimum atomic E-state index is -4.57. The minimum Gasteiger partial charge on any atom is -0.414 e. The summed E-state index contributed by atoms with van der Waals surface area (Å²) in [7, 11) is -3.46. The van der Waals surface area contributed by atoms with E-state index in [-0.39, 0.29) is 28.8 Å². The van der Waals surface area contributed by atoms with E-state index in [1.807, 2.05) is 32.0 Å². The van der Waals surface area contributed by atoms with Crippen molar-refractivity contribution < 1.29 is 21.8 Å². The Kier molecular flexibility index (Phi) is 8.88. The van der Waals surface area contributed by atoms with Gasteiger partial charge in [0.05, 0.1) is 45.0 Å². The van der Waals surface area contributed by atoms with E-state index in [4.69, 9.17) is 14.5 Å². The van der Waals surface area contributed by atoms with Gasteiger partial charge in [0.1, 0.15) is 5.69 Å². The molecular formula is C32H41F3N6O2SSi. The normalized spacial score (nSPS) is 19.4. The van der Waals surface area contributed by atoms with E-state index < -0.39 is 35.9 Å². The van der Waals surface area contributed by atoms with Crippen LogP contribution in [0.5, 0.6) is 0 Å². The number of benzene rings is 1. The van der Waals surface area contributed by atoms with Crippen LogP contribution in [0.3, 0.4) is 0 Å². The summed E-state index contributed by atoms with van der Waals surface area (Å²) in [5, 5.41) is 11.1. The zero-order valence-electron chi connectivity index (χ0n) is 26.7. The van der Waals surface area contributed by atoms with Crippen LogP contribution < -0.4 is 5.14 Å². The second-order valence-corrected chi connectivity index (χ2v) is 20.6. The van der Waals surface area contributed by atoms with Crippen LogP contribution in [0.2, 0.25) is 18.1 Å². The molecule has 1 aliphatic rings. The lowest BCUT2D eigenvalue weighted by Gasteiger charge is -2.47. The third-order valence-corrected chi connectivity index (χ3v) is 15.2. The maximum Gasteiger partial charge on any atom is 0.433 e. The van der Waals surface area contributed by atoms with E-state index >= 15 is 0 Å². The second kappa shape index (κ2) is 12.0. The Balaban J connectivity index is 1.46. The first-order chi connectivity index (χ1) is 20.9. The molecule has 0 radical (unpaired) electrons. The highest BCUT2D eigenvalue weighted by Crippen LogP contribution is 2.48. The molecule has 0 aliphatic heterocycles. The largest absolute Gasteiger partial charge is 0.433 e. The lowest BCUT2D eigenvalue weighted by atomic mass is 9.70. The molecule has 4 aromatic rings. The molecule has 3 aromatic heterocycles. The van der Waals surface area contributed by atoms with Crippen LogP contribution in [0.25, 0.3) is 28.0 Å². The Morgan fingerprint density at radius 1 is 1.04 bits per heavy atom. The number of aromatic nitrogens is 5. The molecule has 0 bridgehead atoms. The van der Waals surface area contributed by atoms with Crippen LogP contribution in [0.1, 0.15) is 71.2 Å². The number of halogens is 3. The van der Waals surface area contributed by atoms with Crippen molar-refractivity contribution in [3.8, 4) is 17.1 Å². The first-order valence-electron chi connectivity index (χ1n) is 15.0. The molecule has 1 saturated carbocycles. The third-order valence-electron chi connectivity index (χ3n) is 9.37. The van der Waals surface area contributed by atoms with Crippen molar-refractivity contribution in [2.24, 2.45) is 11.1 Å². The van der Waals surface area contributed by atoms with Gasteiger partial charge in [0.25, 0.3) is 0 Å². The van der Waals surface area contributed by atoms with Crippen molar-refractivity contribution >= 4 is 30.2 Å². The fourth-order valence-corrected chi connectivity index (χ4v) is 7.23. The molecule has 1 aromatic carbocycles. The molecule has 13 heteroatoms. The quantitative estimate of drug-likeness (QED) is 0.186. The fraction of sp³-hybridized carbons (Fsp3) is 0.500. The Morgan fingerprint density at radius 3 is 2.40 bits per heavy atom. The van der Waals surface area contributed by atoms with Crippen LogP contribution in [0.15, 0.2) is 55.0 Å². The lowest BCUT2D eigenvalue weighted by Crippen LogP contribution is -2.49. The topological polar surface area (TPSA) is 109 Å². The average molecular weight is 659 g/mol. The number of fused-ring (bicyclic) bond motifs is 1. The van der Waals surface area contributed by atoms with Crippen molar-refractivity contribution in [1.82, 2.24) is 24.7 Å². The zero-order chi connectivity index (χ0) is 32.9. The highest BCUT2D eigenvalue weighted by Gasteiger charge is 2.46. The van der Waals surface area contributed by atoms with Crippen molar-refractivity contribution in [2.45, 2.75) is 95.0 Å². The van der Waals surface area contributed by atoms with Gasteiger partial charge >= 0.3 is 6.18 Å². The summed E-state index contributed by atoms with van der Waals surface area (Å²) in [5.41, 5.74) is 1.74. The van der Waals surface area contributed by atoms with Crippen molar-refractivity contribution in [3.05, 3.63) is 66.4 Å². The van der Waals surface area contributed by atoms with E-state index in [1.54, 1.807) is 18.6 Å². The number of nitrogens with two attached hydrogens (primary N) is 1. The standard InChI is InChI=1S/C32H41F3N6O2SSi/c1-30(2,3)45(6,7)43-23-13-22(14-23)24(16-31(4,5)44(36)42)26-19-37-18-25(39-26)20-11-12-21-17-38-41(27(21)15-20)29-10-8-9-28(40-29)32(33,34)35/h8-12,15,17-19,22-24H,13-14,16,36H2,1-7H3/t22?,23?,24-,44?/m0/s1. The summed E-state index contributed by atoms with van der Waals surface area (Å²) < 4.78 is 60.0. The molecule has 242 valence electrons. The summed E-state index contributed by atoms with van der Waals surface area (Å²) in [4.78, 5) is 13.4. The van der Waals surface area contributed by atoms with Crippen LogP contribution in [-0.4, -0.2) is 48.1 Å². The van der Waals surface area contributed by atoms with Gasteiger partial charge in [-0.05, 0) is 75.4 Å². The molecule has 0 saturated heterocycles. The third kappa shape index (κ3) is 7.06. The van der Waals surface area contributed by atoms with E-state index in [1.165, 1.54) is 16.8 Å². The van der Waals surface area contributed by atoms with Gasteiger partial charge in [-0.25, -0.2) is 18.9 Å². The molecule has 1 fully saturated rings. The van der Waals surface area contributed by atoms with Gasteiger partial charge in [-0.15, -0.1) is 0 Å². The van der Waals surface area contributed by atoms with Crippen molar-refractivity contribution in [2.75, 3.05) is 0 Å². The molecular weight excluding hydrogens is 618 g/mol. The van der Waals surface area contributed by atoms with E-state index in [0.29, 0.717) is 17.6 Å². The molecule has 5 rings (SSSR count). The molecule has 0 amide bonds. The van der Waals surface area contributed by atoms with Crippen molar-refractivity contribution in [3.63, 3.8) is 0 Å². The summed E-state index contributed by atoms with van der Waals surface area (Å²) in [6, 6.07) is 9.31. The number of hydrogen-bond acceptors (Lipinski definition) is 6. The summed E-state index contributed by atoms with van der Waals surface area (Å²) in [6.45, 7) is 15.0. The van der Waals surface area contributed by atoms with Gasteiger partial charge in [0.15, 0.2) is 14.1 Å². The number of nitrogens with zero attached hydrogens (tertiary/aromatic N) is 5. The van der Waals surface area contributed by atoms with Crippen molar-refractivity contribution in [1.29, 1.82) is 0 Å². The molecule has 0 spiro atoms. The molecule has 2 atom stereocenters. The van der Waals surface area contributed by atoms with Gasteiger partial charge in [-0.2, -0.15) is 18.3 Å². The number of alkyl halides is 3. The molecule has 1 unspecified atom stereocenters. The maximum atomic E-state index is 13.3. The molecule has 1 aliphatic carbocycles. The van der Waals surface area contributed by atoms with Crippen LogP contribution >= 0.6 is 0 Å². The smallest absolute Gasteiger partial charge is 0.414 e. The maximum absolute atomic E-state index is 13.3. The number of hydrogen-bond donors (Lipinski definition) is 1. The van der Waals surface area contributed by atoms with Gasteiger partial charge in [0.2, 0.25) is 0 Å². The monoisotopic (exact) mass is 658 g/mol. The lowest BCUT2D eigenvalue weighted by molar-refractivity contribution is -0.141. The van der Waals surface area contributed by atoms with E-state index in [2.05, 4.69) is 48.9 Å². The molecule has 2 N–H and O–H groups in total. The van der Waals surface area contributed by atoms with Crippen LogP contribution in [-0.2, 0) is 21.6 Å². The second-order valence-electron chi connectivity index (χ2n) is 14.1. The predicted molar refractivity (Wildman–Crippen MR) is 173 cm³/mol. The van der Waals surface area contributed by atoms with Gasteiger partial charge < -0.3 is 4.43 Å². The minimum absolute atomic E-state index is 0.0391. The van der Waals surface area contributed by atoms with Crippen LogP contribution in [0.4, 0.5) is 13.2 Å². The highest BCUT2D eigenvalue weighted by atomic mass is 32.2. The zero-order valence-corrected chi connectivity index (χ0v) is 28.5. The summed E-state index contributed by atoms with van der Waals surface area (Å²) >= 11 is 0. The predicted octanol–water partition coefficient (Wildman–Crippen LogP) is 7.57. The first-order valence-corrected chi connectivity index (χ1v) is 19.2. The number of rotatable bonds is 9. The van der Waals surface area contributed by atoms with E-state index in [9.17, 15) is 17.4 Å². The summed E-state index contributed by atoms with van der Waals surface area (Å²) in [5.74, 6) is 0.291. The molecule has 8 nitrogen and oxygen atoms in total. The number of pyridine rings is 1.